The molecule has 2 N–H and O–H groups in total. The van der Waals surface area contributed by atoms with Crippen molar-refractivity contribution in [3.8, 4) is 0 Å². The molecule has 3 rings (SSSR count). The van der Waals surface area contributed by atoms with Crippen LogP contribution in [0.1, 0.15) is 25.3 Å². The number of allylic oxidation sites excluding steroid dienone is 2. The van der Waals surface area contributed by atoms with Gasteiger partial charge < -0.3 is 10.4 Å². The Hall–Kier alpha value is -2.10. The molecule has 2 bridgehead atoms. The summed E-state index contributed by atoms with van der Waals surface area (Å²) in [7, 11) is 0. The lowest BCUT2D eigenvalue weighted by Crippen LogP contribution is -2.51. The lowest BCUT2D eigenvalue weighted by molar-refractivity contribution is -0.148. The second-order valence-electron chi connectivity index (χ2n) is 6.17. The number of carbonyl (C=O) groups is 2. The molecule has 4 unspecified atom stereocenters. The first kappa shape index (κ1) is 13.9. The molecule has 0 aromatic heterocycles. The topological polar surface area (TPSA) is 66.4 Å². The van der Waals surface area contributed by atoms with E-state index in [-0.39, 0.29) is 17.7 Å². The SMILES string of the molecule is CC(NC(=O)C1CC2C=CC1C2)(C(=O)O)c1ccccc1. The Morgan fingerprint density at radius 1 is 1.19 bits per heavy atom. The van der Waals surface area contributed by atoms with Crippen LogP contribution in [0.15, 0.2) is 42.5 Å². The molecule has 110 valence electrons. The Balaban J connectivity index is 1.81. The van der Waals surface area contributed by atoms with Crippen molar-refractivity contribution >= 4 is 11.9 Å². The monoisotopic (exact) mass is 285 g/mol. The first-order chi connectivity index (χ1) is 10.0. The average molecular weight is 285 g/mol. The van der Waals surface area contributed by atoms with Gasteiger partial charge in [0, 0.05) is 5.92 Å². The van der Waals surface area contributed by atoms with Crippen LogP contribution in [0.25, 0.3) is 0 Å². The molecule has 1 fully saturated rings. The van der Waals surface area contributed by atoms with Crippen molar-refractivity contribution in [1.29, 1.82) is 0 Å². The summed E-state index contributed by atoms with van der Waals surface area (Å²) in [6, 6.07) is 8.85. The Morgan fingerprint density at radius 2 is 1.90 bits per heavy atom. The molecule has 0 saturated heterocycles. The molecule has 4 atom stereocenters. The summed E-state index contributed by atoms with van der Waals surface area (Å²) in [6.07, 6.45) is 6.12. The second kappa shape index (κ2) is 5.02. The number of rotatable bonds is 4. The number of benzene rings is 1. The second-order valence-corrected chi connectivity index (χ2v) is 6.17. The molecule has 1 saturated carbocycles. The van der Waals surface area contributed by atoms with E-state index in [9.17, 15) is 14.7 Å². The highest BCUT2D eigenvalue weighted by molar-refractivity contribution is 5.89. The fourth-order valence-corrected chi connectivity index (χ4v) is 3.44. The third-order valence-electron chi connectivity index (χ3n) is 4.77. The van der Waals surface area contributed by atoms with E-state index in [2.05, 4.69) is 17.5 Å². The number of carbonyl (C=O) groups excluding carboxylic acids is 1. The highest BCUT2D eigenvalue weighted by atomic mass is 16.4. The highest BCUT2D eigenvalue weighted by Gasteiger charge is 2.44. The summed E-state index contributed by atoms with van der Waals surface area (Å²) in [5, 5.41) is 12.3. The maximum absolute atomic E-state index is 12.5. The smallest absolute Gasteiger partial charge is 0.333 e. The maximum atomic E-state index is 12.5. The molecule has 0 aliphatic heterocycles. The molecular formula is C17H19NO3. The van der Waals surface area contributed by atoms with Gasteiger partial charge in [-0.25, -0.2) is 4.79 Å². The van der Waals surface area contributed by atoms with Gasteiger partial charge in [-0.2, -0.15) is 0 Å². The molecule has 0 heterocycles. The van der Waals surface area contributed by atoms with Crippen molar-refractivity contribution in [2.75, 3.05) is 0 Å². The Morgan fingerprint density at radius 3 is 2.43 bits per heavy atom. The fraction of sp³-hybridized carbons (Fsp3) is 0.412. The van der Waals surface area contributed by atoms with Crippen LogP contribution in [-0.4, -0.2) is 17.0 Å². The van der Waals surface area contributed by atoms with Gasteiger partial charge in [-0.1, -0.05) is 42.5 Å². The van der Waals surface area contributed by atoms with Crippen LogP contribution >= 0.6 is 0 Å². The Labute approximate surface area is 123 Å². The van der Waals surface area contributed by atoms with E-state index >= 15 is 0 Å². The predicted molar refractivity (Wildman–Crippen MR) is 78.4 cm³/mol. The van der Waals surface area contributed by atoms with E-state index in [0.717, 1.165) is 12.8 Å². The zero-order valence-corrected chi connectivity index (χ0v) is 12.0. The number of hydrogen-bond donors (Lipinski definition) is 2. The normalized spacial score (nSPS) is 29.1. The summed E-state index contributed by atoms with van der Waals surface area (Å²) in [5.41, 5.74) is -0.797. The predicted octanol–water partition coefficient (Wildman–Crippen LogP) is 2.31. The van der Waals surface area contributed by atoms with Crippen LogP contribution in [0.2, 0.25) is 0 Å². The van der Waals surface area contributed by atoms with E-state index < -0.39 is 11.5 Å². The number of aliphatic carboxylic acids is 1. The van der Waals surface area contributed by atoms with Gasteiger partial charge in [0.1, 0.15) is 0 Å². The third-order valence-corrected chi connectivity index (χ3v) is 4.77. The number of carboxylic acid groups (broad SMARTS) is 1. The van der Waals surface area contributed by atoms with Crippen molar-refractivity contribution in [2.24, 2.45) is 17.8 Å². The van der Waals surface area contributed by atoms with Crippen LogP contribution in [0, 0.1) is 17.8 Å². The van der Waals surface area contributed by atoms with Gasteiger partial charge in [-0.05, 0) is 37.2 Å². The average Bonchev–Trinajstić information content (AvgIpc) is 3.10. The summed E-state index contributed by atoms with van der Waals surface area (Å²) >= 11 is 0. The number of fused-ring (bicyclic) bond motifs is 2. The number of nitrogens with one attached hydrogen (secondary N) is 1. The molecule has 4 nitrogen and oxygen atoms in total. The minimum absolute atomic E-state index is 0.0950. The van der Waals surface area contributed by atoms with Crippen LogP contribution in [0.5, 0.6) is 0 Å². The number of carboxylic acids is 1. The van der Waals surface area contributed by atoms with Gasteiger partial charge in [0.15, 0.2) is 5.54 Å². The number of hydrogen-bond acceptors (Lipinski definition) is 2. The van der Waals surface area contributed by atoms with Gasteiger partial charge in [0.05, 0.1) is 0 Å². The summed E-state index contributed by atoms with van der Waals surface area (Å²) in [6.45, 7) is 1.55. The van der Waals surface area contributed by atoms with Crippen molar-refractivity contribution in [1.82, 2.24) is 5.32 Å². The first-order valence-corrected chi connectivity index (χ1v) is 7.30. The van der Waals surface area contributed by atoms with E-state index in [1.165, 1.54) is 0 Å². The minimum Gasteiger partial charge on any atom is -0.479 e. The lowest BCUT2D eigenvalue weighted by atomic mass is 9.88. The minimum atomic E-state index is -1.39. The summed E-state index contributed by atoms with van der Waals surface area (Å²) in [4.78, 5) is 24.2. The molecule has 1 amide bonds. The van der Waals surface area contributed by atoms with Crippen molar-refractivity contribution in [3.05, 3.63) is 48.0 Å². The van der Waals surface area contributed by atoms with Gasteiger partial charge in [0.2, 0.25) is 5.91 Å². The van der Waals surface area contributed by atoms with Crippen LogP contribution < -0.4 is 5.32 Å². The number of amides is 1. The fourth-order valence-electron chi connectivity index (χ4n) is 3.44. The van der Waals surface area contributed by atoms with Gasteiger partial charge in [-0.3, -0.25) is 4.79 Å². The Bertz CT molecular complexity index is 595. The van der Waals surface area contributed by atoms with E-state index in [0.29, 0.717) is 11.5 Å². The van der Waals surface area contributed by atoms with Crippen molar-refractivity contribution in [2.45, 2.75) is 25.3 Å². The quantitative estimate of drug-likeness (QED) is 0.834. The molecule has 4 heteroatoms. The largest absolute Gasteiger partial charge is 0.479 e. The van der Waals surface area contributed by atoms with Crippen LogP contribution in [0.3, 0.4) is 0 Å². The molecule has 2 aliphatic rings. The van der Waals surface area contributed by atoms with E-state index in [4.69, 9.17) is 0 Å². The molecular weight excluding hydrogens is 266 g/mol. The molecule has 21 heavy (non-hydrogen) atoms. The maximum Gasteiger partial charge on any atom is 0.333 e. The zero-order valence-electron chi connectivity index (χ0n) is 12.0. The molecule has 1 aromatic carbocycles. The van der Waals surface area contributed by atoms with E-state index in [1.807, 2.05) is 6.07 Å². The standard InChI is InChI=1S/C17H19NO3/c1-17(16(20)21,13-5-3-2-4-6-13)18-15(19)14-10-11-7-8-12(14)9-11/h2-8,11-12,14H,9-10H2,1H3,(H,18,19)(H,20,21). The zero-order chi connectivity index (χ0) is 15.0. The van der Waals surface area contributed by atoms with E-state index in [1.54, 1.807) is 31.2 Å². The van der Waals surface area contributed by atoms with Gasteiger partial charge in [-0.15, -0.1) is 0 Å². The third kappa shape index (κ3) is 2.35. The Kier molecular flexibility index (Phi) is 3.32. The summed E-state index contributed by atoms with van der Waals surface area (Å²) in [5.74, 6) is -0.536. The van der Waals surface area contributed by atoms with Crippen molar-refractivity contribution < 1.29 is 14.7 Å². The molecule has 1 aromatic rings. The van der Waals surface area contributed by atoms with Crippen molar-refractivity contribution in [3.63, 3.8) is 0 Å². The first-order valence-electron chi connectivity index (χ1n) is 7.30. The van der Waals surface area contributed by atoms with Crippen LogP contribution in [-0.2, 0) is 15.1 Å². The molecule has 2 aliphatic carbocycles. The highest BCUT2D eigenvalue weighted by Crippen LogP contribution is 2.43. The molecule has 0 radical (unpaired) electrons. The van der Waals surface area contributed by atoms with Gasteiger partial charge in [0.25, 0.3) is 0 Å². The van der Waals surface area contributed by atoms with Crippen LogP contribution in [0.4, 0.5) is 0 Å². The summed E-state index contributed by atoms with van der Waals surface area (Å²) < 4.78 is 0. The van der Waals surface area contributed by atoms with Gasteiger partial charge >= 0.3 is 5.97 Å². The molecule has 0 spiro atoms. The lowest BCUT2D eigenvalue weighted by Gasteiger charge is -2.29.